The summed E-state index contributed by atoms with van der Waals surface area (Å²) in [6, 6.07) is 23.6. The van der Waals surface area contributed by atoms with Crippen molar-refractivity contribution in [1.29, 1.82) is 0 Å². The molecule has 1 saturated heterocycles. The fraction of sp³-hybridized carbons (Fsp3) is 0.216. The van der Waals surface area contributed by atoms with Crippen molar-refractivity contribution in [2.45, 2.75) is 24.9 Å². The fourth-order valence-electron chi connectivity index (χ4n) is 7.47. The summed E-state index contributed by atoms with van der Waals surface area (Å²) >= 11 is 0. The lowest BCUT2D eigenvalue weighted by Crippen LogP contribution is -2.48. The maximum atomic E-state index is 15.0. The van der Waals surface area contributed by atoms with E-state index < -0.39 is 23.4 Å². The average Bonchev–Trinajstić information content (AvgIpc) is 3.49. The second kappa shape index (κ2) is 10.2. The molecule has 4 aromatic carbocycles. The molecular weight excluding hydrogens is 554 g/mol. The minimum atomic E-state index is -1.65. The van der Waals surface area contributed by atoms with Crippen LogP contribution in [0.15, 0.2) is 91.0 Å². The zero-order valence-electron chi connectivity index (χ0n) is 24.9. The summed E-state index contributed by atoms with van der Waals surface area (Å²) in [5.74, 6) is -0.253. The second-order valence-corrected chi connectivity index (χ2v) is 11.5. The summed E-state index contributed by atoms with van der Waals surface area (Å²) in [6.45, 7) is 2.01. The lowest BCUT2D eigenvalue weighted by molar-refractivity contribution is 0.0664. The molecule has 0 amide bonds. The Balaban J connectivity index is 1.58. The van der Waals surface area contributed by atoms with Gasteiger partial charge in [-0.3, -0.25) is 14.4 Å². The Hall–Kier alpha value is -5.17. The standard InChI is InChI=1S/C37H31NO6/c1-21-12-15-29-22(18-21)13-17-31-37(35(40)26-10-5-6-11-27(26)36(37)41)32(28-20-25(43-3)14-16-30(28)44-4)33(38(29)31)34(39)23-8-7-9-24(19-23)42-2/h5-20,31-33H,1-4H3/t31-,32-,33+/m1/s1. The van der Waals surface area contributed by atoms with Crippen molar-refractivity contribution < 1.29 is 28.6 Å². The van der Waals surface area contributed by atoms with Gasteiger partial charge in [0.2, 0.25) is 0 Å². The van der Waals surface area contributed by atoms with Crippen LogP contribution in [-0.2, 0) is 0 Å². The third kappa shape index (κ3) is 3.71. The Morgan fingerprint density at radius 2 is 1.48 bits per heavy atom. The number of methoxy groups -OCH3 is 3. The third-order valence-corrected chi connectivity index (χ3v) is 9.35. The first-order valence-electron chi connectivity index (χ1n) is 14.5. The molecule has 3 atom stereocenters. The summed E-state index contributed by atoms with van der Waals surface area (Å²) in [4.78, 5) is 46.8. The molecular formula is C37H31NO6. The van der Waals surface area contributed by atoms with Crippen molar-refractivity contribution in [3.05, 3.63) is 124 Å². The van der Waals surface area contributed by atoms with Gasteiger partial charge < -0.3 is 19.1 Å². The molecule has 0 unspecified atom stereocenters. The molecule has 2 aliphatic heterocycles. The number of hydrogen-bond acceptors (Lipinski definition) is 7. The smallest absolute Gasteiger partial charge is 0.186 e. The number of nitrogens with zero attached hydrogens (tertiary/aromatic N) is 1. The number of ketones is 3. The van der Waals surface area contributed by atoms with Crippen LogP contribution in [0.25, 0.3) is 6.08 Å². The quantitative estimate of drug-likeness (QED) is 0.193. The first-order chi connectivity index (χ1) is 21.3. The molecule has 0 aromatic heterocycles. The first kappa shape index (κ1) is 27.7. The molecule has 220 valence electrons. The van der Waals surface area contributed by atoms with E-state index in [1.54, 1.807) is 88.1 Å². The molecule has 4 aromatic rings. The van der Waals surface area contributed by atoms with Gasteiger partial charge in [-0.15, -0.1) is 0 Å². The molecule has 1 spiro atoms. The summed E-state index contributed by atoms with van der Waals surface area (Å²) in [7, 11) is 4.65. The highest BCUT2D eigenvalue weighted by molar-refractivity contribution is 6.32. The number of carbonyl (C=O) groups excluding carboxylic acids is 3. The van der Waals surface area contributed by atoms with Gasteiger partial charge in [-0.2, -0.15) is 0 Å². The van der Waals surface area contributed by atoms with Crippen LogP contribution in [0.2, 0.25) is 0 Å². The maximum absolute atomic E-state index is 15.0. The van der Waals surface area contributed by atoms with Crippen LogP contribution in [0.4, 0.5) is 5.69 Å². The number of ether oxygens (including phenoxy) is 3. The molecule has 0 bridgehead atoms. The van der Waals surface area contributed by atoms with E-state index in [0.717, 1.165) is 16.8 Å². The monoisotopic (exact) mass is 585 g/mol. The second-order valence-electron chi connectivity index (χ2n) is 11.5. The summed E-state index contributed by atoms with van der Waals surface area (Å²) in [6.07, 6.45) is 3.88. The van der Waals surface area contributed by atoms with Crippen molar-refractivity contribution in [1.82, 2.24) is 0 Å². The van der Waals surface area contributed by atoms with E-state index in [2.05, 4.69) is 0 Å². The van der Waals surface area contributed by atoms with E-state index in [1.165, 1.54) is 0 Å². The zero-order valence-corrected chi connectivity index (χ0v) is 24.9. The van der Waals surface area contributed by atoms with Gasteiger partial charge in [0, 0.05) is 33.9 Å². The van der Waals surface area contributed by atoms with E-state index in [9.17, 15) is 14.4 Å². The molecule has 7 nitrogen and oxygen atoms in total. The number of benzene rings is 4. The van der Waals surface area contributed by atoms with Gasteiger partial charge in [-0.25, -0.2) is 0 Å². The van der Waals surface area contributed by atoms with Crippen molar-refractivity contribution in [2.24, 2.45) is 5.41 Å². The van der Waals surface area contributed by atoms with Gasteiger partial charge >= 0.3 is 0 Å². The highest BCUT2D eigenvalue weighted by Gasteiger charge is 2.72. The molecule has 0 radical (unpaired) electrons. The number of fused-ring (bicyclic) bond motifs is 5. The van der Waals surface area contributed by atoms with Crippen LogP contribution in [0.3, 0.4) is 0 Å². The average molecular weight is 586 g/mol. The number of aryl methyl sites for hydroxylation is 1. The Morgan fingerprint density at radius 1 is 0.773 bits per heavy atom. The molecule has 1 aliphatic carbocycles. The van der Waals surface area contributed by atoms with E-state index in [0.29, 0.717) is 39.5 Å². The highest BCUT2D eigenvalue weighted by Crippen LogP contribution is 2.62. The molecule has 44 heavy (non-hydrogen) atoms. The Morgan fingerprint density at radius 3 is 2.16 bits per heavy atom. The molecule has 7 heteroatoms. The number of anilines is 1. The van der Waals surface area contributed by atoms with Crippen LogP contribution in [0, 0.1) is 12.3 Å². The number of carbonyl (C=O) groups is 3. The van der Waals surface area contributed by atoms with Crippen LogP contribution in [0.1, 0.15) is 53.7 Å². The molecule has 1 fully saturated rings. The molecule has 7 rings (SSSR count). The van der Waals surface area contributed by atoms with Crippen molar-refractivity contribution in [3.63, 3.8) is 0 Å². The normalized spacial score (nSPS) is 20.7. The van der Waals surface area contributed by atoms with E-state index in [-0.39, 0.29) is 17.3 Å². The Kier molecular flexibility index (Phi) is 6.43. The molecule has 0 N–H and O–H groups in total. The lowest BCUT2D eigenvalue weighted by atomic mass is 9.64. The van der Waals surface area contributed by atoms with Gasteiger partial charge in [0.05, 0.1) is 27.4 Å². The van der Waals surface area contributed by atoms with Crippen LogP contribution >= 0.6 is 0 Å². The van der Waals surface area contributed by atoms with Crippen molar-refractivity contribution >= 4 is 29.1 Å². The SMILES string of the molecule is COc1cccc(C(=O)[C@@H]2[C@@H](c3cc(OC)ccc3OC)C3(C(=O)c4ccccc4C3=O)[C@H]3C=Cc4cc(C)ccc4N23)c1. The molecule has 2 heterocycles. The van der Waals surface area contributed by atoms with Crippen molar-refractivity contribution in [3.8, 4) is 17.2 Å². The fourth-order valence-corrected chi connectivity index (χ4v) is 7.47. The lowest BCUT2D eigenvalue weighted by Gasteiger charge is -2.37. The van der Waals surface area contributed by atoms with E-state index >= 15 is 0 Å². The maximum Gasteiger partial charge on any atom is 0.186 e. The predicted molar refractivity (Wildman–Crippen MR) is 167 cm³/mol. The van der Waals surface area contributed by atoms with Crippen molar-refractivity contribution in [2.75, 3.05) is 26.2 Å². The summed E-state index contributed by atoms with van der Waals surface area (Å²) in [5, 5.41) is 0. The van der Waals surface area contributed by atoms with Gasteiger partial charge in [0.25, 0.3) is 0 Å². The van der Waals surface area contributed by atoms with Gasteiger partial charge in [-0.05, 0) is 55.0 Å². The topological polar surface area (TPSA) is 82.1 Å². The van der Waals surface area contributed by atoms with E-state index in [4.69, 9.17) is 14.2 Å². The Bertz CT molecular complexity index is 1860. The van der Waals surface area contributed by atoms with E-state index in [1.807, 2.05) is 42.2 Å². The van der Waals surface area contributed by atoms with Gasteiger partial charge in [0.1, 0.15) is 28.7 Å². The van der Waals surface area contributed by atoms with Gasteiger partial charge in [-0.1, -0.05) is 60.2 Å². The Labute approximate surface area is 255 Å². The van der Waals surface area contributed by atoms with Gasteiger partial charge in [0.15, 0.2) is 17.3 Å². The number of Topliss-reactive ketones (excluding diaryl/α,β-unsaturated/α-hetero) is 3. The van der Waals surface area contributed by atoms with Crippen LogP contribution < -0.4 is 19.1 Å². The minimum absolute atomic E-state index is 0.237. The van der Waals surface area contributed by atoms with Crippen LogP contribution in [-0.4, -0.2) is 50.8 Å². The predicted octanol–water partition coefficient (Wildman–Crippen LogP) is 6.34. The zero-order chi connectivity index (χ0) is 30.7. The number of hydrogen-bond donors (Lipinski definition) is 0. The minimum Gasteiger partial charge on any atom is -0.497 e. The largest absolute Gasteiger partial charge is 0.497 e. The molecule has 0 saturated carbocycles. The highest BCUT2D eigenvalue weighted by atomic mass is 16.5. The first-order valence-corrected chi connectivity index (χ1v) is 14.5. The number of rotatable bonds is 6. The third-order valence-electron chi connectivity index (χ3n) is 9.35. The van der Waals surface area contributed by atoms with Crippen LogP contribution in [0.5, 0.6) is 17.2 Å². The molecule has 3 aliphatic rings. The summed E-state index contributed by atoms with van der Waals surface area (Å²) in [5.41, 5.74) is 2.79. The summed E-state index contributed by atoms with van der Waals surface area (Å²) < 4.78 is 17.0.